The van der Waals surface area contributed by atoms with Gasteiger partial charge < -0.3 is 19.2 Å². The van der Waals surface area contributed by atoms with E-state index in [1.807, 2.05) is 47.0 Å². The summed E-state index contributed by atoms with van der Waals surface area (Å²) in [5.41, 5.74) is 1.87. The lowest BCUT2D eigenvalue weighted by atomic mass is 9.83. The highest BCUT2D eigenvalue weighted by atomic mass is 16.3. The molecular formula is C27H33N3O3. The molecule has 0 bridgehead atoms. The van der Waals surface area contributed by atoms with E-state index in [-0.39, 0.29) is 17.9 Å². The van der Waals surface area contributed by atoms with Gasteiger partial charge in [0, 0.05) is 24.7 Å². The first-order chi connectivity index (χ1) is 16.1. The number of carbonyl (C=O) groups is 2. The van der Waals surface area contributed by atoms with Crippen LogP contribution in [0.15, 0.2) is 53.1 Å². The van der Waals surface area contributed by atoms with Crippen LogP contribution in [0.1, 0.15) is 74.3 Å². The van der Waals surface area contributed by atoms with Crippen LogP contribution in [-0.2, 0) is 16.9 Å². The van der Waals surface area contributed by atoms with Crippen LogP contribution >= 0.6 is 0 Å². The van der Waals surface area contributed by atoms with Gasteiger partial charge in [0.1, 0.15) is 5.69 Å². The molecule has 174 valence electrons. The molecule has 1 aromatic carbocycles. The zero-order valence-electron chi connectivity index (χ0n) is 19.4. The minimum atomic E-state index is -1.10. The van der Waals surface area contributed by atoms with Crippen LogP contribution in [-0.4, -0.2) is 33.9 Å². The molecule has 6 nitrogen and oxygen atoms in total. The van der Waals surface area contributed by atoms with E-state index in [1.165, 1.54) is 19.3 Å². The van der Waals surface area contributed by atoms with Crippen molar-refractivity contribution in [3.05, 3.63) is 60.0 Å². The molecular weight excluding hydrogens is 414 g/mol. The molecule has 33 heavy (non-hydrogen) atoms. The van der Waals surface area contributed by atoms with Crippen molar-refractivity contribution >= 4 is 22.9 Å². The summed E-state index contributed by atoms with van der Waals surface area (Å²) in [5, 5.41) is 3.40. The smallest absolute Gasteiger partial charge is 0.271 e. The monoisotopic (exact) mass is 447 g/mol. The molecule has 1 aliphatic carbocycles. The van der Waals surface area contributed by atoms with Crippen molar-refractivity contribution in [2.75, 3.05) is 6.54 Å². The van der Waals surface area contributed by atoms with Crippen LogP contribution in [0.2, 0.25) is 0 Å². The van der Waals surface area contributed by atoms with Crippen LogP contribution in [0.3, 0.4) is 0 Å². The van der Waals surface area contributed by atoms with Crippen LogP contribution in [0.4, 0.5) is 0 Å². The molecule has 1 saturated carbocycles. The second kappa shape index (κ2) is 9.08. The minimum absolute atomic E-state index is 0.0722. The maximum Gasteiger partial charge on any atom is 0.271 e. The Balaban J connectivity index is 1.61. The summed E-state index contributed by atoms with van der Waals surface area (Å²) in [4.78, 5) is 29.9. The van der Waals surface area contributed by atoms with E-state index >= 15 is 0 Å². The maximum atomic E-state index is 14.3. The third-order valence-electron chi connectivity index (χ3n) is 7.35. The Morgan fingerprint density at radius 3 is 2.55 bits per heavy atom. The Kier molecular flexibility index (Phi) is 6.00. The number of rotatable bonds is 5. The molecule has 6 heteroatoms. The van der Waals surface area contributed by atoms with Crippen LogP contribution in [0, 0.1) is 0 Å². The molecule has 2 amide bonds. The fourth-order valence-corrected chi connectivity index (χ4v) is 5.66. The van der Waals surface area contributed by atoms with Crippen molar-refractivity contribution in [2.45, 2.75) is 76.4 Å². The fourth-order valence-electron chi connectivity index (χ4n) is 5.66. The third kappa shape index (κ3) is 3.75. The van der Waals surface area contributed by atoms with E-state index in [2.05, 4.69) is 12.2 Å². The predicted octanol–water partition coefficient (Wildman–Crippen LogP) is 5.22. The molecule has 1 fully saturated rings. The summed E-state index contributed by atoms with van der Waals surface area (Å²) in [6.07, 6.45) is 10.4. The Bertz CT molecular complexity index is 1120. The van der Waals surface area contributed by atoms with Crippen LogP contribution in [0.5, 0.6) is 0 Å². The molecule has 0 spiro atoms. The largest absolute Gasteiger partial charge is 0.463 e. The molecule has 3 aromatic rings. The summed E-state index contributed by atoms with van der Waals surface area (Å²) >= 11 is 0. The van der Waals surface area contributed by atoms with Gasteiger partial charge in [-0.25, -0.2) is 0 Å². The molecule has 1 aliphatic heterocycles. The molecule has 0 radical (unpaired) electrons. The van der Waals surface area contributed by atoms with Gasteiger partial charge in [-0.3, -0.25) is 9.59 Å². The average molecular weight is 448 g/mol. The van der Waals surface area contributed by atoms with Gasteiger partial charge in [-0.15, -0.1) is 0 Å². The van der Waals surface area contributed by atoms with Crippen molar-refractivity contribution in [3.63, 3.8) is 0 Å². The van der Waals surface area contributed by atoms with Crippen molar-refractivity contribution in [2.24, 2.45) is 0 Å². The lowest BCUT2D eigenvalue weighted by Crippen LogP contribution is -2.64. The Hall–Kier alpha value is -3.02. The fraction of sp³-hybridized carbons (Fsp3) is 0.481. The second-order valence-corrected chi connectivity index (χ2v) is 9.48. The van der Waals surface area contributed by atoms with Crippen molar-refractivity contribution in [3.8, 4) is 0 Å². The van der Waals surface area contributed by atoms with Gasteiger partial charge in [0.15, 0.2) is 11.1 Å². The second-order valence-electron chi connectivity index (χ2n) is 9.48. The molecule has 0 unspecified atom stereocenters. The topological polar surface area (TPSA) is 67.5 Å². The number of aromatic nitrogens is 1. The number of fused-ring (bicyclic) bond motifs is 3. The lowest BCUT2D eigenvalue weighted by molar-refractivity contribution is -0.135. The summed E-state index contributed by atoms with van der Waals surface area (Å²) in [6, 6.07) is 13.7. The Labute approximate surface area is 194 Å². The first kappa shape index (κ1) is 21.8. The van der Waals surface area contributed by atoms with Gasteiger partial charge in [0.25, 0.3) is 11.8 Å². The summed E-state index contributed by atoms with van der Waals surface area (Å²) in [5.74, 6) is -0.191. The van der Waals surface area contributed by atoms with Gasteiger partial charge >= 0.3 is 0 Å². The normalized spacial score (nSPS) is 22.1. The highest BCUT2D eigenvalue weighted by Crippen LogP contribution is 2.39. The van der Waals surface area contributed by atoms with Crippen LogP contribution < -0.4 is 5.32 Å². The first-order valence-electron chi connectivity index (χ1n) is 12.4. The van der Waals surface area contributed by atoms with Gasteiger partial charge in [-0.1, -0.05) is 69.4 Å². The number of hydrogen-bond donors (Lipinski definition) is 1. The van der Waals surface area contributed by atoms with E-state index < -0.39 is 5.54 Å². The zero-order chi connectivity index (χ0) is 22.8. The zero-order valence-corrected chi connectivity index (χ0v) is 19.4. The Morgan fingerprint density at radius 2 is 1.82 bits per heavy atom. The number of benzene rings is 1. The number of amides is 2. The summed E-state index contributed by atoms with van der Waals surface area (Å²) in [7, 11) is 0. The molecule has 1 atom stereocenters. The highest BCUT2D eigenvalue weighted by molar-refractivity contribution is 6.03. The molecule has 2 aromatic heterocycles. The molecule has 0 saturated heterocycles. The summed E-state index contributed by atoms with van der Waals surface area (Å²) < 4.78 is 7.57. The molecule has 2 aliphatic rings. The van der Waals surface area contributed by atoms with Gasteiger partial charge in [-0.05, 0) is 24.8 Å². The number of nitrogens with zero attached hydrogens (tertiary/aromatic N) is 2. The van der Waals surface area contributed by atoms with Crippen LogP contribution in [0.25, 0.3) is 11.1 Å². The number of nitrogens with one attached hydrogen (secondary N) is 1. The van der Waals surface area contributed by atoms with E-state index in [0.717, 1.165) is 43.2 Å². The standard InChI is InChI=1S/C27H33N3O3/c1-2-16-30-25(31)23-18-24-22(15-17-33-24)29(23)19-27(30,20-11-7-6-8-12-20)26(32)28-21-13-9-4-3-5-10-14-21/h6-8,11-12,15,17-18,21H,2-5,9-10,13-14,16,19H2,1H3,(H,28,32)/t27-/m0/s1. The number of hydrogen-bond acceptors (Lipinski definition) is 3. The minimum Gasteiger partial charge on any atom is -0.463 e. The van der Waals surface area contributed by atoms with Crippen molar-refractivity contribution in [1.29, 1.82) is 0 Å². The van der Waals surface area contributed by atoms with Gasteiger partial charge in [-0.2, -0.15) is 0 Å². The molecule has 3 heterocycles. The van der Waals surface area contributed by atoms with Gasteiger partial charge in [0.2, 0.25) is 0 Å². The lowest BCUT2D eigenvalue weighted by Gasteiger charge is -2.47. The Morgan fingerprint density at radius 1 is 1.09 bits per heavy atom. The van der Waals surface area contributed by atoms with E-state index in [4.69, 9.17) is 4.42 Å². The predicted molar refractivity (Wildman–Crippen MR) is 128 cm³/mol. The summed E-state index contributed by atoms with van der Waals surface area (Å²) in [6.45, 7) is 2.94. The van der Waals surface area contributed by atoms with E-state index in [0.29, 0.717) is 24.4 Å². The van der Waals surface area contributed by atoms with Crippen molar-refractivity contribution < 1.29 is 14.0 Å². The quantitative estimate of drug-likeness (QED) is 0.583. The van der Waals surface area contributed by atoms with Gasteiger partial charge in [0.05, 0.1) is 18.3 Å². The maximum absolute atomic E-state index is 14.3. The highest BCUT2D eigenvalue weighted by Gasteiger charge is 2.52. The average Bonchev–Trinajstić information content (AvgIpc) is 3.40. The number of carbonyl (C=O) groups excluding carboxylic acids is 2. The molecule has 1 N–H and O–H groups in total. The molecule has 5 rings (SSSR count). The van der Waals surface area contributed by atoms with E-state index in [9.17, 15) is 9.59 Å². The van der Waals surface area contributed by atoms with E-state index in [1.54, 1.807) is 11.2 Å². The SMILES string of the molecule is CCCN1C(=O)c2cc3occc3n2C[C@@]1(C(=O)NC1CCCCCCC1)c1ccccc1. The third-order valence-corrected chi connectivity index (χ3v) is 7.35. The van der Waals surface area contributed by atoms with Crippen molar-refractivity contribution in [1.82, 2.24) is 14.8 Å². The number of furan rings is 1. The first-order valence-corrected chi connectivity index (χ1v) is 12.4.